The fourth-order valence-corrected chi connectivity index (χ4v) is 2.08. The molecule has 0 aromatic carbocycles. The average molecular weight is 315 g/mol. The molecule has 8 heteroatoms. The standard InChI is InChI=1S/C13H17NO6S/c1-2-19-11(16)4-3-7-14-10(15)8-21-12-6-5-9(20-12)13(17)18/h5-6H,2-4,7-8H2,1H3,(H,14,15)(H,17,18). The van der Waals surface area contributed by atoms with E-state index in [1.807, 2.05) is 0 Å². The second kappa shape index (κ2) is 9.06. The van der Waals surface area contributed by atoms with Gasteiger partial charge in [0.05, 0.1) is 12.4 Å². The highest BCUT2D eigenvalue weighted by Crippen LogP contribution is 2.20. The molecule has 0 aliphatic heterocycles. The zero-order valence-electron chi connectivity index (χ0n) is 11.6. The maximum atomic E-state index is 11.5. The van der Waals surface area contributed by atoms with Crippen LogP contribution in [0.5, 0.6) is 0 Å². The first-order valence-corrected chi connectivity index (χ1v) is 7.39. The van der Waals surface area contributed by atoms with Gasteiger partial charge in [0.25, 0.3) is 0 Å². The first-order chi connectivity index (χ1) is 10.0. The molecule has 2 N–H and O–H groups in total. The van der Waals surface area contributed by atoms with Gasteiger partial charge in [0.1, 0.15) is 0 Å². The Bertz CT molecular complexity index is 499. The first kappa shape index (κ1) is 17.1. The molecule has 1 aromatic heterocycles. The molecule has 0 bridgehead atoms. The van der Waals surface area contributed by atoms with E-state index in [0.717, 1.165) is 11.8 Å². The number of ether oxygens (including phenoxy) is 1. The smallest absolute Gasteiger partial charge is 0.371 e. The molecule has 116 valence electrons. The first-order valence-electron chi connectivity index (χ1n) is 6.41. The Morgan fingerprint density at radius 3 is 2.76 bits per heavy atom. The van der Waals surface area contributed by atoms with E-state index in [9.17, 15) is 14.4 Å². The van der Waals surface area contributed by atoms with Gasteiger partial charge in [0.15, 0.2) is 5.09 Å². The maximum absolute atomic E-state index is 11.5. The van der Waals surface area contributed by atoms with Crippen LogP contribution in [0.2, 0.25) is 0 Å². The fourth-order valence-electron chi connectivity index (χ4n) is 1.39. The van der Waals surface area contributed by atoms with Crippen molar-refractivity contribution < 1.29 is 28.6 Å². The third-order valence-corrected chi connectivity index (χ3v) is 3.23. The van der Waals surface area contributed by atoms with E-state index in [-0.39, 0.29) is 29.8 Å². The van der Waals surface area contributed by atoms with Gasteiger partial charge in [-0.05, 0) is 25.5 Å². The number of aromatic carboxylic acids is 1. The Hall–Kier alpha value is -1.96. The molecule has 0 saturated heterocycles. The Morgan fingerprint density at radius 1 is 1.38 bits per heavy atom. The summed E-state index contributed by atoms with van der Waals surface area (Å²) in [7, 11) is 0. The molecular weight excluding hydrogens is 298 g/mol. The van der Waals surface area contributed by atoms with Crippen molar-refractivity contribution >= 4 is 29.6 Å². The van der Waals surface area contributed by atoms with Gasteiger partial charge in [-0.1, -0.05) is 11.8 Å². The number of thioether (sulfide) groups is 1. The van der Waals surface area contributed by atoms with E-state index in [0.29, 0.717) is 24.7 Å². The minimum absolute atomic E-state index is 0.117. The van der Waals surface area contributed by atoms with Crippen molar-refractivity contribution in [3.63, 3.8) is 0 Å². The summed E-state index contributed by atoms with van der Waals surface area (Å²) >= 11 is 1.11. The lowest BCUT2D eigenvalue weighted by atomic mass is 10.3. The normalized spacial score (nSPS) is 10.1. The number of hydrogen-bond acceptors (Lipinski definition) is 6. The Morgan fingerprint density at radius 2 is 2.14 bits per heavy atom. The molecule has 7 nitrogen and oxygen atoms in total. The van der Waals surface area contributed by atoms with E-state index in [2.05, 4.69) is 5.32 Å². The van der Waals surface area contributed by atoms with Crippen molar-refractivity contribution in [1.82, 2.24) is 5.32 Å². The number of esters is 1. The number of carbonyl (C=O) groups excluding carboxylic acids is 2. The van der Waals surface area contributed by atoms with Gasteiger partial charge in [0.2, 0.25) is 11.7 Å². The Balaban J connectivity index is 2.16. The summed E-state index contributed by atoms with van der Waals surface area (Å²) in [5.74, 6) is -1.68. The van der Waals surface area contributed by atoms with Gasteiger partial charge < -0.3 is 19.6 Å². The Labute approximate surface area is 126 Å². The third kappa shape index (κ3) is 6.84. The molecular formula is C13H17NO6S. The number of carboxylic acid groups (broad SMARTS) is 1. The van der Waals surface area contributed by atoms with E-state index in [1.54, 1.807) is 6.92 Å². The minimum atomic E-state index is -1.15. The van der Waals surface area contributed by atoms with Gasteiger partial charge in [-0.25, -0.2) is 4.79 Å². The molecule has 1 heterocycles. The predicted molar refractivity (Wildman–Crippen MR) is 75.3 cm³/mol. The zero-order chi connectivity index (χ0) is 15.7. The number of carboxylic acids is 1. The average Bonchev–Trinajstić information content (AvgIpc) is 2.91. The van der Waals surface area contributed by atoms with Crippen LogP contribution in [0.15, 0.2) is 21.6 Å². The summed E-state index contributed by atoms with van der Waals surface area (Å²) < 4.78 is 9.76. The summed E-state index contributed by atoms with van der Waals surface area (Å²) in [6.45, 7) is 2.47. The van der Waals surface area contributed by atoms with Crippen LogP contribution >= 0.6 is 11.8 Å². The van der Waals surface area contributed by atoms with Gasteiger partial charge in [0, 0.05) is 13.0 Å². The second-order valence-corrected chi connectivity index (χ2v) is 4.95. The van der Waals surface area contributed by atoms with Crippen LogP contribution in [-0.4, -0.2) is 41.9 Å². The molecule has 0 radical (unpaired) electrons. The summed E-state index contributed by atoms with van der Waals surface area (Å²) in [5.41, 5.74) is 0. The summed E-state index contributed by atoms with van der Waals surface area (Å²) in [4.78, 5) is 33.2. The Kier molecular flexibility index (Phi) is 7.38. The van der Waals surface area contributed by atoms with Crippen molar-refractivity contribution in [2.45, 2.75) is 24.9 Å². The maximum Gasteiger partial charge on any atom is 0.371 e. The number of nitrogens with one attached hydrogen (secondary N) is 1. The predicted octanol–water partition coefficient (Wildman–Crippen LogP) is 1.53. The fraction of sp³-hybridized carbons (Fsp3) is 0.462. The second-order valence-electron chi connectivity index (χ2n) is 3.97. The molecule has 0 unspecified atom stereocenters. The van der Waals surface area contributed by atoms with E-state index < -0.39 is 5.97 Å². The number of furan rings is 1. The van der Waals surface area contributed by atoms with Crippen molar-refractivity contribution in [1.29, 1.82) is 0 Å². The van der Waals surface area contributed by atoms with Crippen LogP contribution in [0.25, 0.3) is 0 Å². The lowest BCUT2D eigenvalue weighted by Crippen LogP contribution is -2.26. The monoisotopic (exact) mass is 315 g/mol. The van der Waals surface area contributed by atoms with Gasteiger partial charge >= 0.3 is 11.9 Å². The van der Waals surface area contributed by atoms with E-state index >= 15 is 0 Å². The molecule has 1 amide bonds. The number of hydrogen-bond donors (Lipinski definition) is 2. The summed E-state index contributed by atoms with van der Waals surface area (Å²) in [6.07, 6.45) is 0.778. The van der Waals surface area contributed by atoms with Gasteiger partial charge in [-0.2, -0.15) is 0 Å². The van der Waals surface area contributed by atoms with Crippen molar-refractivity contribution in [3.8, 4) is 0 Å². The van der Waals surface area contributed by atoms with Crippen LogP contribution in [-0.2, 0) is 14.3 Å². The number of rotatable bonds is 9. The molecule has 21 heavy (non-hydrogen) atoms. The van der Waals surface area contributed by atoms with Crippen molar-refractivity contribution in [2.24, 2.45) is 0 Å². The van der Waals surface area contributed by atoms with Crippen LogP contribution in [0.1, 0.15) is 30.3 Å². The number of amides is 1. The largest absolute Gasteiger partial charge is 0.475 e. The van der Waals surface area contributed by atoms with Crippen molar-refractivity contribution in [2.75, 3.05) is 18.9 Å². The molecule has 0 saturated carbocycles. The van der Waals surface area contributed by atoms with Crippen molar-refractivity contribution in [3.05, 3.63) is 17.9 Å². The van der Waals surface area contributed by atoms with Crippen LogP contribution in [0.4, 0.5) is 0 Å². The minimum Gasteiger partial charge on any atom is -0.475 e. The molecule has 0 fully saturated rings. The van der Waals surface area contributed by atoms with Gasteiger partial charge in [-0.3, -0.25) is 9.59 Å². The molecule has 0 spiro atoms. The number of carbonyl (C=O) groups is 3. The molecule has 1 aromatic rings. The lowest BCUT2D eigenvalue weighted by Gasteiger charge is -2.04. The van der Waals surface area contributed by atoms with Crippen LogP contribution < -0.4 is 5.32 Å². The zero-order valence-corrected chi connectivity index (χ0v) is 12.4. The van der Waals surface area contributed by atoms with Crippen LogP contribution in [0.3, 0.4) is 0 Å². The van der Waals surface area contributed by atoms with E-state index in [4.69, 9.17) is 14.3 Å². The topological polar surface area (TPSA) is 106 Å². The van der Waals surface area contributed by atoms with E-state index in [1.165, 1.54) is 12.1 Å². The SMILES string of the molecule is CCOC(=O)CCCNC(=O)CSc1ccc(C(=O)O)o1. The molecule has 0 aliphatic rings. The summed E-state index contributed by atoms with van der Waals surface area (Å²) in [5, 5.41) is 11.7. The quantitative estimate of drug-likeness (QED) is 0.404. The highest BCUT2D eigenvalue weighted by atomic mass is 32.2. The van der Waals surface area contributed by atoms with Crippen LogP contribution in [0, 0.1) is 0 Å². The highest BCUT2D eigenvalue weighted by Gasteiger charge is 2.10. The lowest BCUT2D eigenvalue weighted by molar-refractivity contribution is -0.143. The third-order valence-electron chi connectivity index (χ3n) is 2.32. The van der Waals surface area contributed by atoms with Gasteiger partial charge in [-0.15, -0.1) is 0 Å². The highest BCUT2D eigenvalue weighted by molar-refractivity contribution is 7.99. The summed E-state index contributed by atoms with van der Waals surface area (Å²) in [6, 6.07) is 2.84. The molecule has 0 atom stereocenters. The molecule has 1 rings (SSSR count). The molecule has 0 aliphatic carbocycles.